The average Bonchev–Trinajstić information content (AvgIpc) is 3.20. The first-order chi connectivity index (χ1) is 13.6. The zero-order valence-corrected chi connectivity index (χ0v) is 16.7. The molecule has 5 aliphatic carbocycles. The van der Waals surface area contributed by atoms with Crippen LogP contribution in [0.4, 0.5) is 5.69 Å². The minimum atomic E-state index is -0.0942. The first-order valence-corrected chi connectivity index (χ1v) is 11.3. The fourth-order valence-electron chi connectivity index (χ4n) is 6.95. The van der Waals surface area contributed by atoms with Crippen LogP contribution in [0.5, 0.6) is 0 Å². The highest BCUT2D eigenvalue weighted by Gasteiger charge is 2.54. The molecule has 150 valence electrons. The lowest BCUT2D eigenvalue weighted by molar-refractivity contribution is -0.146. The largest absolute Gasteiger partial charge is 0.352 e. The van der Waals surface area contributed by atoms with Crippen molar-refractivity contribution in [3.63, 3.8) is 0 Å². The lowest BCUT2D eigenvalue weighted by atomic mass is 9.49. The van der Waals surface area contributed by atoms with Gasteiger partial charge in [0.25, 0.3) is 0 Å². The lowest BCUT2D eigenvalue weighted by Crippen LogP contribution is -2.53. The van der Waals surface area contributed by atoms with Crippen LogP contribution in [0.1, 0.15) is 69.8 Å². The molecule has 28 heavy (non-hydrogen) atoms. The Kier molecular flexibility index (Phi) is 4.68. The summed E-state index contributed by atoms with van der Waals surface area (Å²) in [6, 6.07) is 7.95. The third-order valence-corrected chi connectivity index (χ3v) is 7.89. The van der Waals surface area contributed by atoms with E-state index in [-0.39, 0.29) is 23.1 Å². The smallest absolute Gasteiger partial charge is 0.227 e. The van der Waals surface area contributed by atoms with E-state index in [0.717, 1.165) is 74.0 Å². The quantitative estimate of drug-likeness (QED) is 0.781. The molecule has 4 bridgehead atoms. The Hall–Kier alpha value is -1.84. The summed E-state index contributed by atoms with van der Waals surface area (Å²) in [5.74, 6) is 2.93. The predicted molar refractivity (Wildman–Crippen MR) is 109 cm³/mol. The first-order valence-electron chi connectivity index (χ1n) is 11.3. The molecule has 0 unspecified atom stereocenters. The summed E-state index contributed by atoms with van der Waals surface area (Å²) in [4.78, 5) is 25.5. The number of amides is 2. The van der Waals surface area contributed by atoms with E-state index in [9.17, 15) is 9.59 Å². The Morgan fingerprint density at radius 3 is 2.25 bits per heavy atom. The molecule has 1 aromatic rings. The molecule has 2 N–H and O–H groups in total. The van der Waals surface area contributed by atoms with Crippen molar-refractivity contribution in [2.45, 2.75) is 70.8 Å². The molecule has 0 radical (unpaired) electrons. The zero-order valence-electron chi connectivity index (χ0n) is 16.7. The highest BCUT2D eigenvalue weighted by atomic mass is 16.2. The fourth-order valence-corrected chi connectivity index (χ4v) is 6.95. The average molecular weight is 381 g/mol. The molecule has 4 heteroatoms. The van der Waals surface area contributed by atoms with Gasteiger partial charge in [0.05, 0.1) is 0 Å². The first kappa shape index (κ1) is 18.2. The Balaban J connectivity index is 1.20. The van der Waals surface area contributed by atoms with Crippen molar-refractivity contribution < 1.29 is 9.59 Å². The molecule has 0 heterocycles. The van der Waals surface area contributed by atoms with Gasteiger partial charge in [-0.2, -0.15) is 0 Å². The molecule has 5 aliphatic rings. The molecular formula is C24H32N2O2. The van der Waals surface area contributed by atoms with Gasteiger partial charge in [-0.3, -0.25) is 9.59 Å². The van der Waals surface area contributed by atoms with Gasteiger partial charge in [0.2, 0.25) is 11.8 Å². The second-order valence-corrected chi connectivity index (χ2v) is 10.1. The minimum Gasteiger partial charge on any atom is -0.352 e. The van der Waals surface area contributed by atoms with Crippen LogP contribution < -0.4 is 10.6 Å². The maximum atomic E-state index is 13.1. The van der Waals surface area contributed by atoms with Crippen LogP contribution in [0.2, 0.25) is 0 Å². The fraction of sp³-hybridized carbons (Fsp3) is 0.667. The third-order valence-electron chi connectivity index (χ3n) is 7.89. The number of carbonyl (C=O) groups excluding carboxylic acids is 2. The second kappa shape index (κ2) is 7.20. The van der Waals surface area contributed by atoms with Gasteiger partial charge >= 0.3 is 0 Å². The molecular weight excluding hydrogens is 348 g/mol. The van der Waals surface area contributed by atoms with Gasteiger partial charge in [0, 0.05) is 23.6 Å². The van der Waals surface area contributed by atoms with Crippen LogP contribution in [0.25, 0.3) is 0 Å². The van der Waals surface area contributed by atoms with E-state index < -0.39 is 0 Å². The van der Waals surface area contributed by atoms with E-state index in [1.165, 1.54) is 19.3 Å². The van der Waals surface area contributed by atoms with Crippen molar-refractivity contribution in [3.05, 3.63) is 29.8 Å². The Bertz CT molecular complexity index is 730. The van der Waals surface area contributed by atoms with Crippen LogP contribution in [0, 0.1) is 29.1 Å². The molecule has 6 rings (SSSR count). The van der Waals surface area contributed by atoms with Crippen molar-refractivity contribution in [2.75, 3.05) is 5.32 Å². The third kappa shape index (κ3) is 3.46. The van der Waals surface area contributed by atoms with Crippen molar-refractivity contribution in [1.82, 2.24) is 5.32 Å². The van der Waals surface area contributed by atoms with Crippen LogP contribution >= 0.6 is 0 Å². The minimum absolute atomic E-state index is 0.0942. The van der Waals surface area contributed by atoms with Gasteiger partial charge in [0.15, 0.2) is 0 Å². The van der Waals surface area contributed by atoms with Gasteiger partial charge in [-0.15, -0.1) is 0 Å². The lowest BCUT2D eigenvalue weighted by Gasteiger charge is -2.55. The Labute approximate surface area is 167 Å². The SMILES string of the molecule is O=C(Nc1cccc(CNC(=O)C23CC4CC(CC(C4)C2)C3)c1)C1CCCC1. The van der Waals surface area contributed by atoms with Gasteiger partial charge in [-0.05, 0) is 86.8 Å². The molecule has 0 saturated heterocycles. The van der Waals surface area contributed by atoms with Crippen LogP contribution in [0.3, 0.4) is 0 Å². The van der Waals surface area contributed by atoms with E-state index in [2.05, 4.69) is 10.6 Å². The summed E-state index contributed by atoms with van der Waals surface area (Å²) in [5, 5.41) is 6.31. The zero-order chi connectivity index (χ0) is 19.1. The van der Waals surface area contributed by atoms with E-state index in [1.807, 2.05) is 24.3 Å². The molecule has 0 aliphatic heterocycles. The van der Waals surface area contributed by atoms with E-state index >= 15 is 0 Å². The predicted octanol–water partition coefficient (Wildman–Crippen LogP) is 4.65. The molecule has 0 spiro atoms. The van der Waals surface area contributed by atoms with Crippen LogP contribution in [-0.4, -0.2) is 11.8 Å². The summed E-state index contributed by atoms with van der Waals surface area (Å²) in [7, 11) is 0. The standard InChI is InChI=1S/C24H32N2O2/c27-22(20-5-1-2-6-20)26-21-7-3-4-16(11-21)15-25-23(28)24-12-17-8-18(13-24)10-19(9-17)14-24/h3-4,7,11,17-20H,1-2,5-6,8-10,12-15H2,(H,25,28)(H,26,27). The Morgan fingerprint density at radius 2 is 1.61 bits per heavy atom. The Morgan fingerprint density at radius 1 is 0.964 bits per heavy atom. The maximum Gasteiger partial charge on any atom is 0.227 e. The number of benzene rings is 1. The molecule has 1 aromatic carbocycles. The number of carbonyl (C=O) groups is 2. The highest BCUT2D eigenvalue weighted by Crippen LogP contribution is 2.60. The van der Waals surface area contributed by atoms with Crippen molar-refractivity contribution >= 4 is 17.5 Å². The topological polar surface area (TPSA) is 58.2 Å². The molecule has 4 nitrogen and oxygen atoms in total. The van der Waals surface area contributed by atoms with E-state index in [4.69, 9.17) is 0 Å². The highest BCUT2D eigenvalue weighted by molar-refractivity contribution is 5.92. The number of anilines is 1. The molecule has 0 aromatic heterocycles. The number of hydrogen-bond donors (Lipinski definition) is 2. The van der Waals surface area contributed by atoms with E-state index in [0.29, 0.717) is 6.54 Å². The molecule has 5 saturated carbocycles. The summed E-state index contributed by atoms with van der Waals surface area (Å²) in [6.07, 6.45) is 11.7. The van der Waals surface area contributed by atoms with Crippen molar-refractivity contribution in [1.29, 1.82) is 0 Å². The second-order valence-electron chi connectivity index (χ2n) is 10.1. The summed E-state index contributed by atoms with van der Waals surface area (Å²) in [6.45, 7) is 0.549. The monoisotopic (exact) mass is 380 g/mol. The van der Waals surface area contributed by atoms with Crippen LogP contribution in [0.15, 0.2) is 24.3 Å². The molecule has 2 amide bonds. The van der Waals surface area contributed by atoms with Gasteiger partial charge in [0.1, 0.15) is 0 Å². The molecule has 5 fully saturated rings. The van der Waals surface area contributed by atoms with Gasteiger partial charge < -0.3 is 10.6 Å². The number of rotatable bonds is 5. The number of hydrogen-bond acceptors (Lipinski definition) is 2. The van der Waals surface area contributed by atoms with E-state index in [1.54, 1.807) is 0 Å². The van der Waals surface area contributed by atoms with Gasteiger partial charge in [-0.1, -0.05) is 25.0 Å². The normalized spacial score (nSPS) is 33.8. The van der Waals surface area contributed by atoms with Gasteiger partial charge in [-0.25, -0.2) is 0 Å². The maximum absolute atomic E-state index is 13.1. The van der Waals surface area contributed by atoms with Crippen molar-refractivity contribution in [2.24, 2.45) is 29.1 Å². The summed E-state index contributed by atoms with van der Waals surface area (Å²) in [5.41, 5.74) is 1.81. The summed E-state index contributed by atoms with van der Waals surface area (Å²) < 4.78 is 0. The number of nitrogens with one attached hydrogen (secondary N) is 2. The molecule has 0 atom stereocenters. The van der Waals surface area contributed by atoms with Crippen molar-refractivity contribution in [3.8, 4) is 0 Å². The van der Waals surface area contributed by atoms with Crippen LogP contribution in [-0.2, 0) is 16.1 Å². The summed E-state index contributed by atoms with van der Waals surface area (Å²) >= 11 is 0.